The molecule has 0 saturated heterocycles. The van der Waals surface area contributed by atoms with Gasteiger partial charge in [-0.25, -0.2) is 4.79 Å². The van der Waals surface area contributed by atoms with E-state index in [-0.39, 0.29) is 5.76 Å². The highest BCUT2D eigenvalue weighted by molar-refractivity contribution is 5.89. The first-order chi connectivity index (χ1) is 11.2. The summed E-state index contributed by atoms with van der Waals surface area (Å²) in [5.41, 5.74) is 0.503. The molecule has 5 heteroatoms. The second kappa shape index (κ2) is 8.48. The molecule has 2 aromatic carbocycles. The van der Waals surface area contributed by atoms with E-state index in [1.807, 2.05) is 30.3 Å². The van der Waals surface area contributed by atoms with Crippen molar-refractivity contribution in [3.05, 3.63) is 66.2 Å². The summed E-state index contributed by atoms with van der Waals surface area (Å²) in [4.78, 5) is 11.1. The maximum absolute atomic E-state index is 11.1. The zero-order chi connectivity index (χ0) is 16.5. The number of rotatable bonds is 7. The van der Waals surface area contributed by atoms with Crippen LogP contribution in [-0.2, 0) is 9.53 Å². The number of hydrogen-bond acceptors (Lipinski definition) is 5. The van der Waals surface area contributed by atoms with Gasteiger partial charge >= 0.3 is 5.97 Å². The first-order valence-electron chi connectivity index (χ1n) is 7.09. The fraction of sp³-hybridized carbons (Fsp3) is 0.167. The Morgan fingerprint density at radius 2 is 1.52 bits per heavy atom. The van der Waals surface area contributed by atoms with E-state index in [1.165, 1.54) is 7.11 Å². The molecule has 1 N–H and O–H groups in total. The van der Waals surface area contributed by atoms with Crippen LogP contribution in [0.15, 0.2) is 60.7 Å². The average molecular weight is 314 g/mol. The Hall–Kier alpha value is -2.95. The molecule has 0 spiro atoms. The summed E-state index contributed by atoms with van der Waals surface area (Å²) in [5.74, 6) is 0.678. The molecule has 0 unspecified atom stereocenters. The summed E-state index contributed by atoms with van der Waals surface area (Å²) in [7, 11) is 1.25. The molecule has 0 atom stereocenters. The number of benzene rings is 2. The van der Waals surface area contributed by atoms with E-state index in [4.69, 9.17) is 9.47 Å². The molecule has 0 aromatic heterocycles. The normalized spacial score (nSPS) is 10.9. The summed E-state index contributed by atoms with van der Waals surface area (Å²) in [6.45, 7) is 0.831. The van der Waals surface area contributed by atoms with Crippen LogP contribution in [0.25, 0.3) is 5.76 Å². The number of hydrogen-bond donors (Lipinski definition) is 1. The first-order valence-corrected chi connectivity index (χ1v) is 7.09. The minimum absolute atomic E-state index is 0.157. The van der Waals surface area contributed by atoms with Gasteiger partial charge in [0.25, 0.3) is 0 Å². The molecular formula is C18H18O5. The van der Waals surface area contributed by atoms with E-state index < -0.39 is 5.97 Å². The largest absolute Gasteiger partial charge is 0.507 e. The number of aliphatic hydroxyl groups excluding tert-OH is 1. The van der Waals surface area contributed by atoms with E-state index in [0.29, 0.717) is 24.5 Å². The van der Waals surface area contributed by atoms with Gasteiger partial charge in [0.1, 0.15) is 30.5 Å². The molecule has 0 aliphatic heterocycles. The lowest BCUT2D eigenvalue weighted by Crippen LogP contribution is -2.08. The Labute approximate surface area is 134 Å². The van der Waals surface area contributed by atoms with Crippen LogP contribution in [0.1, 0.15) is 5.56 Å². The van der Waals surface area contributed by atoms with Gasteiger partial charge in [-0.15, -0.1) is 0 Å². The van der Waals surface area contributed by atoms with E-state index in [9.17, 15) is 9.90 Å². The summed E-state index contributed by atoms with van der Waals surface area (Å²) < 4.78 is 15.5. The van der Waals surface area contributed by atoms with Crippen molar-refractivity contribution in [1.82, 2.24) is 0 Å². The van der Waals surface area contributed by atoms with Gasteiger partial charge < -0.3 is 19.3 Å². The number of esters is 1. The molecular weight excluding hydrogens is 296 g/mol. The maximum atomic E-state index is 11.1. The standard InChI is InChI=1S/C18H18O5/c1-21-18(20)13-17(19)14-7-9-16(10-8-14)23-12-11-22-15-5-3-2-4-6-15/h2-10,13,19H,11-12H2,1H3/b17-13-. The lowest BCUT2D eigenvalue weighted by atomic mass is 10.2. The molecule has 0 fully saturated rings. The van der Waals surface area contributed by atoms with Crippen molar-refractivity contribution in [1.29, 1.82) is 0 Å². The third-order valence-electron chi connectivity index (χ3n) is 2.97. The molecule has 0 aliphatic rings. The molecule has 0 aliphatic carbocycles. The van der Waals surface area contributed by atoms with Crippen molar-refractivity contribution in [2.75, 3.05) is 20.3 Å². The highest BCUT2D eigenvalue weighted by Gasteiger charge is 2.03. The molecule has 2 aromatic rings. The van der Waals surface area contributed by atoms with Gasteiger partial charge in [0.15, 0.2) is 0 Å². The van der Waals surface area contributed by atoms with E-state index >= 15 is 0 Å². The van der Waals surface area contributed by atoms with Crippen LogP contribution in [0.2, 0.25) is 0 Å². The Kier molecular flexibility index (Phi) is 6.06. The fourth-order valence-corrected chi connectivity index (χ4v) is 1.81. The lowest BCUT2D eigenvalue weighted by Gasteiger charge is -2.09. The lowest BCUT2D eigenvalue weighted by molar-refractivity contribution is -0.134. The van der Waals surface area contributed by atoms with Crippen LogP contribution in [0.5, 0.6) is 11.5 Å². The third kappa shape index (κ3) is 5.39. The van der Waals surface area contributed by atoms with Crippen LogP contribution in [0, 0.1) is 0 Å². The smallest absolute Gasteiger partial charge is 0.334 e. The second-order valence-corrected chi connectivity index (χ2v) is 4.59. The SMILES string of the molecule is COC(=O)/C=C(\O)c1ccc(OCCOc2ccccc2)cc1. The zero-order valence-electron chi connectivity index (χ0n) is 12.8. The third-order valence-corrected chi connectivity index (χ3v) is 2.97. The number of carbonyl (C=O) groups excluding carboxylic acids is 1. The summed E-state index contributed by atoms with van der Waals surface area (Å²) in [5, 5.41) is 9.75. The second-order valence-electron chi connectivity index (χ2n) is 4.59. The topological polar surface area (TPSA) is 65.0 Å². The first kappa shape index (κ1) is 16.4. The molecule has 0 heterocycles. The van der Waals surface area contributed by atoms with Crippen molar-refractivity contribution in [2.24, 2.45) is 0 Å². The van der Waals surface area contributed by atoms with Crippen LogP contribution in [-0.4, -0.2) is 31.4 Å². The van der Waals surface area contributed by atoms with Gasteiger partial charge in [-0.2, -0.15) is 0 Å². The van der Waals surface area contributed by atoms with E-state index in [0.717, 1.165) is 11.8 Å². The van der Waals surface area contributed by atoms with Crippen molar-refractivity contribution in [3.63, 3.8) is 0 Å². The van der Waals surface area contributed by atoms with Gasteiger partial charge in [0.2, 0.25) is 0 Å². The van der Waals surface area contributed by atoms with Gasteiger partial charge in [0, 0.05) is 5.56 Å². The molecule has 120 valence electrons. The van der Waals surface area contributed by atoms with Gasteiger partial charge in [-0.05, 0) is 36.4 Å². The number of carbonyl (C=O) groups is 1. The van der Waals surface area contributed by atoms with Crippen LogP contribution < -0.4 is 9.47 Å². The molecule has 23 heavy (non-hydrogen) atoms. The van der Waals surface area contributed by atoms with Crippen LogP contribution >= 0.6 is 0 Å². The van der Waals surface area contributed by atoms with Crippen LogP contribution in [0.4, 0.5) is 0 Å². The Balaban J connectivity index is 1.81. The Morgan fingerprint density at radius 1 is 0.957 bits per heavy atom. The molecule has 0 amide bonds. The quantitative estimate of drug-likeness (QED) is 0.368. The highest BCUT2D eigenvalue weighted by Crippen LogP contribution is 2.17. The zero-order valence-corrected chi connectivity index (χ0v) is 12.8. The number of methoxy groups -OCH3 is 1. The maximum Gasteiger partial charge on any atom is 0.334 e. The highest BCUT2D eigenvalue weighted by atomic mass is 16.5. The summed E-state index contributed by atoms with van der Waals surface area (Å²) in [6, 6.07) is 16.2. The minimum Gasteiger partial charge on any atom is -0.507 e. The Morgan fingerprint density at radius 3 is 2.09 bits per heavy atom. The summed E-state index contributed by atoms with van der Waals surface area (Å²) in [6.07, 6.45) is 1.02. The van der Waals surface area contributed by atoms with Crippen molar-refractivity contribution in [3.8, 4) is 11.5 Å². The number of para-hydroxylation sites is 1. The monoisotopic (exact) mass is 314 g/mol. The number of aliphatic hydroxyl groups is 1. The molecule has 2 rings (SSSR count). The van der Waals surface area contributed by atoms with Gasteiger partial charge in [-0.1, -0.05) is 18.2 Å². The molecule has 0 radical (unpaired) electrons. The predicted molar refractivity (Wildman–Crippen MR) is 86.5 cm³/mol. The predicted octanol–water partition coefficient (Wildman–Crippen LogP) is 3.22. The minimum atomic E-state index is -0.610. The fourth-order valence-electron chi connectivity index (χ4n) is 1.81. The Bertz CT molecular complexity index is 647. The average Bonchev–Trinajstić information content (AvgIpc) is 2.60. The van der Waals surface area contributed by atoms with E-state index in [1.54, 1.807) is 24.3 Å². The molecule has 0 bridgehead atoms. The molecule has 0 saturated carbocycles. The van der Waals surface area contributed by atoms with Gasteiger partial charge in [0.05, 0.1) is 13.2 Å². The van der Waals surface area contributed by atoms with Crippen molar-refractivity contribution in [2.45, 2.75) is 0 Å². The van der Waals surface area contributed by atoms with E-state index in [2.05, 4.69) is 4.74 Å². The number of ether oxygens (including phenoxy) is 3. The summed E-state index contributed by atoms with van der Waals surface area (Å²) >= 11 is 0. The van der Waals surface area contributed by atoms with Crippen LogP contribution in [0.3, 0.4) is 0 Å². The molecule has 5 nitrogen and oxygen atoms in total. The van der Waals surface area contributed by atoms with Gasteiger partial charge in [-0.3, -0.25) is 0 Å². The van der Waals surface area contributed by atoms with Crippen molar-refractivity contribution >= 4 is 11.7 Å². The van der Waals surface area contributed by atoms with Crippen molar-refractivity contribution < 1.29 is 24.1 Å².